The van der Waals surface area contributed by atoms with Gasteiger partial charge in [-0.1, -0.05) is 48.5 Å². The topological polar surface area (TPSA) is 81.3 Å². The lowest BCUT2D eigenvalue weighted by Crippen LogP contribution is -2.24. The van der Waals surface area contributed by atoms with E-state index in [1.807, 2.05) is 49.4 Å². The summed E-state index contributed by atoms with van der Waals surface area (Å²) in [5, 5.41) is 6.39. The number of aryl methyl sites for hydroxylation is 1. The van der Waals surface area contributed by atoms with Gasteiger partial charge in [0.15, 0.2) is 0 Å². The highest BCUT2D eigenvalue weighted by molar-refractivity contribution is 6.02. The van der Waals surface area contributed by atoms with Gasteiger partial charge in [-0.3, -0.25) is 14.2 Å². The summed E-state index contributed by atoms with van der Waals surface area (Å²) < 4.78 is 42.8. The van der Waals surface area contributed by atoms with Crippen LogP contribution in [0, 0.1) is 6.92 Å². The van der Waals surface area contributed by atoms with Gasteiger partial charge in [0.05, 0.1) is 28.8 Å². The highest BCUT2D eigenvalue weighted by atomic mass is 19.4. The zero-order valence-electron chi connectivity index (χ0n) is 18.4. The number of benzene rings is 3. The van der Waals surface area contributed by atoms with E-state index in [4.69, 9.17) is 0 Å². The molecule has 0 atom stereocenters. The molecule has 35 heavy (non-hydrogen) atoms. The third kappa shape index (κ3) is 4.14. The predicted molar refractivity (Wildman–Crippen MR) is 124 cm³/mol. The van der Waals surface area contributed by atoms with Crippen molar-refractivity contribution < 1.29 is 18.0 Å². The van der Waals surface area contributed by atoms with Gasteiger partial charge in [-0.2, -0.15) is 18.2 Å². The second-order valence-corrected chi connectivity index (χ2v) is 8.04. The molecule has 5 rings (SSSR count). The Hall–Kier alpha value is -4.47. The van der Waals surface area contributed by atoms with Crippen molar-refractivity contribution in [3.63, 3.8) is 0 Å². The molecule has 0 aliphatic carbocycles. The molecule has 0 saturated heterocycles. The highest BCUT2D eigenvalue weighted by Gasteiger charge is 2.34. The van der Waals surface area contributed by atoms with Crippen molar-refractivity contribution in [3.05, 3.63) is 106 Å². The molecular weight excluding hydrogens is 459 g/mol. The normalized spacial score (nSPS) is 11.8. The van der Waals surface area contributed by atoms with Crippen molar-refractivity contribution in [2.75, 3.05) is 5.32 Å². The van der Waals surface area contributed by atoms with E-state index in [-0.39, 0.29) is 12.2 Å². The Bertz CT molecular complexity index is 1640. The number of carbonyl (C=O) groups excluding carboxylic acids is 1. The van der Waals surface area contributed by atoms with Crippen molar-refractivity contribution in [2.45, 2.75) is 19.6 Å². The molecule has 0 aliphatic heterocycles. The molecule has 0 radical (unpaired) electrons. The Morgan fingerprint density at radius 1 is 0.971 bits per heavy atom. The number of nitrogens with zero attached hydrogens (tertiary/aromatic N) is 4. The molecule has 5 aromatic rings. The van der Waals surface area contributed by atoms with Crippen molar-refractivity contribution in [3.8, 4) is 0 Å². The molecule has 2 aromatic heterocycles. The zero-order valence-corrected chi connectivity index (χ0v) is 18.4. The van der Waals surface area contributed by atoms with Crippen LogP contribution in [0.2, 0.25) is 0 Å². The number of amides is 1. The summed E-state index contributed by atoms with van der Waals surface area (Å²) >= 11 is 0. The average molecular weight is 477 g/mol. The summed E-state index contributed by atoms with van der Waals surface area (Å²) in [7, 11) is 0. The van der Waals surface area contributed by atoms with Gasteiger partial charge in [0.25, 0.3) is 11.5 Å². The second kappa shape index (κ2) is 8.39. The standard InChI is InChI=1S/C25H18F3N5O2/c1-15-11-12-19-20(13-15)32(14-16-7-3-2-4-8-16)24(35)22-30-21(31-33(19)22)23(34)29-18-10-6-5-9-17(18)25(26,27)28/h2-13H,14H2,1H3,(H,29,34). The van der Waals surface area contributed by atoms with E-state index < -0.39 is 34.7 Å². The SMILES string of the molecule is Cc1ccc2c(c1)n(Cc1ccccc1)c(=O)c1nc(C(=O)Nc3ccccc3C(F)(F)F)nn12. The second-order valence-electron chi connectivity index (χ2n) is 8.04. The Kier molecular flexibility index (Phi) is 5.35. The number of anilines is 1. The lowest BCUT2D eigenvalue weighted by atomic mass is 10.1. The number of carbonyl (C=O) groups is 1. The Labute approximate surface area is 196 Å². The van der Waals surface area contributed by atoms with E-state index in [1.54, 1.807) is 10.6 Å². The number of nitrogens with one attached hydrogen (secondary N) is 1. The van der Waals surface area contributed by atoms with Gasteiger partial charge in [-0.05, 0) is 42.3 Å². The lowest BCUT2D eigenvalue weighted by Gasteiger charge is -2.12. The summed E-state index contributed by atoms with van der Waals surface area (Å²) in [5.74, 6) is -1.38. The quantitative estimate of drug-likeness (QED) is 0.408. The maximum absolute atomic E-state index is 13.4. The van der Waals surface area contributed by atoms with Gasteiger partial charge >= 0.3 is 6.18 Å². The monoisotopic (exact) mass is 477 g/mol. The number of hydrogen-bond donors (Lipinski definition) is 1. The van der Waals surface area contributed by atoms with Gasteiger partial charge in [0.2, 0.25) is 11.5 Å². The summed E-state index contributed by atoms with van der Waals surface area (Å²) in [6.45, 7) is 2.16. The molecule has 10 heteroatoms. The van der Waals surface area contributed by atoms with Gasteiger partial charge < -0.3 is 5.32 Å². The first-order valence-electron chi connectivity index (χ1n) is 10.6. The Morgan fingerprint density at radius 2 is 1.69 bits per heavy atom. The average Bonchev–Trinajstić information content (AvgIpc) is 3.28. The van der Waals surface area contributed by atoms with E-state index in [0.29, 0.717) is 11.0 Å². The first-order valence-corrected chi connectivity index (χ1v) is 10.6. The minimum atomic E-state index is -4.66. The minimum Gasteiger partial charge on any atom is -0.319 e. The molecule has 7 nitrogen and oxygen atoms in total. The van der Waals surface area contributed by atoms with Crippen LogP contribution in [0.25, 0.3) is 16.7 Å². The number of para-hydroxylation sites is 1. The summed E-state index contributed by atoms with van der Waals surface area (Å²) in [6.07, 6.45) is -4.66. The molecule has 1 amide bonds. The lowest BCUT2D eigenvalue weighted by molar-refractivity contribution is -0.136. The van der Waals surface area contributed by atoms with E-state index in [9.17, 15) is 22.8 Å². The van der Waals surface area contributed by atoms with Crippen molar-refractivity contribution in [1.29, 1.82) is 0 Å². The van der Waals surface area contributed by atoms with Crippen LogP contribution in [0.1, 0.15) is 27.3 Å². The van der Waals surface area contributed by atoms with Gasteiger partial charge in [-0.15, -0.1) is 5.10 Å². The maximum atomic E-state index is 13.4. The highest BCUT2D eigenvalue weighted by Crippen LogP contribution is 2.34. The number of hydrogen-bond acceptors (Lipinski definition) is 4. The molecule has 176 valence electrons. The van der Waals surface area contributed by atoms with Crippen molar-refractivity contribution >= 4 is 28.3 Å². The number of halogens is 3. The van der Waals surface area contributed by atoms with E-state index in [1.165, 1.54) is 16.6 Å². The third-order valence-corrected chi connectivity index (χ3v) is 5.56. The maximum Gasteiger partial charge on any atom is 0.418 e. The fraction of sp³-hybridized carbons (Fsp3) is 0.120. The van der Waals surface area contributed by atoms with E-state index >= 15 is 0 Å². The Balaban J connectivity index is 1.63. The van der Waals surface area contributed by atoms with Gasteiger partial charge in [0.1, 0.15) is 0 Å². The van der Waals surface area contributed by atoms with Crippen LogP contribution in [0.3, 0.4) is 0 Å². The van der Waals surface area contributed by atoms with E-state index in [2.05, 4.69) is 15.4 Å². The van der Waals surface area contributed by atoms with Crippen LogP contribution >= 0.6 is 0 Å². The molecule has 0 aliphatic rings. The first-order chi connectivity index (χ1) is 16.7. The zero-order chi connectivity index (χ0) is 24.7. The molecule has 0 saturated carbocycles. The molecule has 3 aromatic carbocycles. The summed E-state index contributed by atoms with van der Waals surface area (Å²) in [6, 6.07) is 19.4. The number of alkyl halides is 3. The number of aromatic nitrogens is 4. The van der Waals surface area contributed by atoms with Crippen LogP contribution in [0.4, 0.5) is 18.9 Å². The van der Waals surface area contributed by atoms with Crippen LogP contribution in [-0.2, 0) is 12.7 Å². The molecule has 0 spiro atoms. The predicted octanol–water partition coefficient (Wildman–Crippen LogP) is 4.67. The van der Waals surface area contributed by atoms with Crippen LogP contribution < -0.4 is 10.9 Å². The molecular formula is C25H18F3N5O2. The summed E-state index contributed by atoms with van der Waals surface area (Å²) in [4.78, 5) is 30.3. The number of fused-ring (bicyclic) bond motifs is 3. The van der Waals surface area contributed by atoms with Crippen LogP contribution in [0.5, 0.6) is 0 Å². The van der Waals surface area contributed by atoms with Crippen LogP contribution in [-0.4, -0.2) is 25.1 Å². The number of rotatable bonds is 4. The smallest absolute Gasteiger partial charge is 0.319 e. The molecule has 0 fully saturated rings. The fourth-order valence-electron chi connectivity index (χ4n) is 3.91. The molecule has 0 unspecified atom stereocenters. The van der Waals surface area contributed by atoms with Gasteiger partial charge in [-0.25, -0.2) is 4.52 Å². The Morgan fingerprint density at radius 3 is 2.43 bits per heavy atom. The van der Waals surface area contributed by atoms with Crippen LogP contribution in [0.15, 0.2) is 77.6 Å². The van der Waals surface area contributed by atoms with Crippen molar-refractivity contribution in [2.24, 2.45) is 0 Å². The third-order valence-electron chi connectivity index (χ3n) is 5.56. The van der Waals surface area contributed by atoms with Crippen molar-refractivity contribution in [1.82, 2.24) is 19.2 Å². The largest absolute Gasteiger partial charge is 0.418 e. The first kappa shape index (κ1) is 22.3. The summed E-state index contributed by atoms with van der Waals surface area (Å²) in [5.41, 5.74) is 0.923. The minimum absolute atomic E-state index is 0.105. The molecule has 2 heterocycles. The van der Waals surface area contributed by atoms with E-state index in [0.717, 1.165) is 23.3 Å². The molecule has 0 bridgehead atoms. The molecule has 1 N–H and O–H groups in total. The van der Waals surface area contributed by atoms with Gasteiger partial charge in [0, 0.05) is 0 Å². The fourth-order valence-corrected chi connectivity index (χ4v) is 3.91.